The molecule has 0 aromatic heterocycles. The monoisotopic (exact) mass is 295 g/mol. The maximum Gasteiger partial charge on any atom is 0.185 e. The molecule has 16 heavy (non-hydrogen) atoms. The molecule has 7 N–H and O–H groups in total. The Bertz CT molecular complexity index is 142. The van der Waals surface area contributed by atoms with Crippen LogP contribution in [0.3, 0.4) is 0 Å². The number of aliphatic imine (C=N–C) groups is 1. The highest BCUT2D eigenvalue weighted by molar-refractivity contribution is 5.86. The minimum Gasteiger partial charge on any atom is -0.370 e. The van der Waals surface area contributed by atoms with Gasteiger partial charge in [-0.3, -0.25) is 4.99 Å². The van der Waals surface area contributed by atoms with E-state index >= 15 is 0 Å². The van der Waals surface area contributed by atoms with Gasteiger partial charge in [-0.2, -0.15) is 0 Å². The van der Waals surface area contributed by atoms with E-state index in [0.717, 1.165) is 45.4 Å². The van der Waals surface area contributed by atoms with Crippen molar-refractivity contribution in [2.24, 2.45) is 22.2 Å². The third-order valence-corrected chi connectivity index (χ3v) is 1.61. The summed E-state index contributed by atoms with van der Waals surface area (Å²) in [7, 11) is 0. The Morgan fingerprint density at radius 2 is 1.50 bits per heavy atom. The highest BCUT2D eigenvalue weighted by Crippen LogP contribution is 1.87. The first kappa shape index (κ1) is 25.0. The fraction of sp³-hybridized carbons (Fsp3) is 0.875. The van der Waals surface area contributed by atoms with E-state index in [1.165, 1.54) is 0 Å². The van der Waals surface area contributed by atoms with Gasteiger partial charge in [0.1, 0.15) is 0 Å². The predicted octanol–water partition coefficient (Wildman–Crippen LogP) is 0.244. The molecule has 0 amide bonds. The van der Waals surface area contributed by atoms with E-state index in [2.05, 4.69) is 10.3 Å². The number of nitrogens with two attached hydrogens (primary N) is 3. The van der Waals surface area contributed by atoms with E-state index in [1.54, 1.807) is 0 Å². The fourth-order valence-corrected chi connectivity index (χ4v) is 0.922. The average Bonchev–Trinajstić information content (AvgIpc) is 2.09. The van der Waals surface area contributed by atoms with Crippen LogP contribution in [-0.2, 0) is 0 Å². The lowest BCUT2D eigenvalue weighted by Gasteiger charge is -2.01. The molecule has 102 valence electrons. The molecule has 0 fully saturated rings. The number of nitrogens with one attached hydrogen (secondary N) is 1. The Hall–Kier alpha value is 0.0600. The smallest absolute Gasteiger partial charge is 0.185 e. The van der Waals surface area contributed by atoms with Gasteiger partial charge in [-0.25, -0.2) is 0 Å². The summed E-state index contributed by atoms with van der Waals surface area (Å²) in [5.74, 6) is 0.177. The van der Waals surface area contributed by atoms with Crippen molar-refractivity contribution in [3.05, 3.63) is 0 Å². The van der Waals surface area contributed by atoms with Crippen LogP contribution in [0.1, 0.15) is 19.3 Å². The van der Waals surface area contributed by atoms with Crippen molar-refractivity contribution in [1.82, 2.24) is 5.32 Å². The summed E-state index contributed by atoms with van der Waals surface area (Å²) in [6.07, 6.45) is 3.16. The van der Waals surface area contributed by atoms with Crippen LogP contribution in [0.2, 0.25) is 0 Å². The van der Waals surface area contributed by atoms with E-state index < -0.39 is 0 Å². The van der Waals surface area contributed by atoms with Gasteiger partial charge in [0.25, 0.3) is 0 Å². The maximum atomic E-state index is 5.34. The fourth-order valence-electron chi connectivity index (χ4n) is 0.922. The van der Waals surface area contributed by atoms with Crippen molar-refractivity contribution < 1.29 is 0 Å². The second-order valence-electron chi connectivity index (χ2n) is 2.91. The van der Waals surface area contributed by atoms with Crippen molar-refractivity contribution in [3.63, 3.8) is 0 Å². The topological polar surface area (TPSA) is 102 Å². The summed E-state index contributed by atoms with van der Waals surface area (Å²) in [6, 6.07) is 0. The van der Waals surface area contributed by atoms with Crippen molar-refractivity contribution in [3.8, 4) is 0 Å². The van der Waals surface area contributed by atoms with Crippen LogP contribution in [0.25, 0.3) is 0 Å². The van der Waals surface area contributed by atoms with Gasteiger partial charge in [0, 0.05) is 6.54 Å². The first-order valence-electron chi connectivity index (χ1n) is 4.73. The second kappa shape index (κ2) is 20.5. The van der Waals surface area contributed by atoms with Crippen molar-refractivity contribution in [2.45, 2.75) is 19.3 Å². The molecular formula is C8H24Cl3N5. The van der Waals surface area contributed by atoms with Crippen molar-refractivity contribution in [1.29, 1.82) is 0 Å². The number of halogens is 3. The van der Waals surface area contributed by atoms with Crippen molar-refractivity contribution >= 4 is 43.2 Å². The number of hydrogen-bond acceptors (Lipinski definition) is 3. The molecule has 0 spiro atoms. The lowest BCUT2D eigenvalue weighted by Crippen LogP contribution is -2.23. The van der Waals surface area contributed by atoms with E-state index in [4.69, 9.17) is 17.2 Å². The minimum absolute atomic E-state index is 0. The third-order valence-electron chi connectivity index (χ3n) is 1.61. The van der Waals surface area contributed by atoms with Crippen LogP contribution in [0, 0.1) is 0 Å². The van der Waals surface area contributed by atoms with Gasteiger partial charge >= 0.3 is 0 Å². The van der Waals surface area contributed by atoms with Gasteiger partial charge in [-0.05, 0) is 38.9 Å². The SMILES string of the molecule is Cl.Cl.Cl.NCCCNCCCCN=C(N)N. The van der Waals surface area contributed by atoms with E-state index in [0.29, 0.717) is 0 Å². The van der Waals surface area contributed by atoms with E-state index in [1.807, 2.05) is 0 Å². The zero-order valence-corrected chi connectivity index (χ0v) is 11.8. The zero-order chi connectivity index (χ0) is 9.94. The maximum absolute atomic E-state index is 5.34. The third kappa shape index (κ3) is 23.7. The molecule has 0 rings (SSSR count). The average molecular weight is 297 g/mol. The van der Waals surface area contributed by atoms with Gasteiger partial charge in [-0.15, -0.1) is 37.2 Å². The lowest BCUT2D eigenvalue weighted by atomic mass is 10.3. The van der Waals surface area contributed by atoms with Crippen molar-refractivity contribution in [2.75, 3.05) is 26.2 Å². The number of hydrogen-bond donors (Lipinski definition) is 4. The Morgan fingerprint density at radius 1 is 0.938 bits per heavy atom. The standard InChI is InChI=1S/C8H21N5.3ClH/c9-4-3-6-12-5-1-2-7-13-8(10)11;;;/h12H,1-7,9H2,(H4,10,11,13);3*1H. The summed E-state index contributed by atoms with van der Waals surface area (Å²) >= 11 is 0. The Morgan fingerprint density at radius 3 is 2.00 bits per heavy atom. The molecule has 0 aliphatic carbocycles. The van der Waals surface area contributed by atoms with Gasteiger partial charge in [-0.1, -0.05) is 0 Å². The molecule has 0 aliphatic rings. The number of rotatable bonds is 8. The highest BCUT2D eigenvalue weighted by Gasteiger charge is 1.88. The number of guanidine groups is 1. The molecule has 0 saturated carbocycles. The summed E-state index contributed by atoms with van der Waals surface area (Å²) in [5, 5.41) is 3.28. The molecule has 0 bridgehead atoms. The van der Waals surface area contributed by atoms with Crippen LogP contribution >= 0.6 is 37.2 Å². The Kier molecular flexibility index (Phi) is 32.0. The van der Waals surface area contributed by atoms with Gasteiger partial charge < -0.3 is 22.5 Å². The Labute approximate surface area is 116 Å². The van der Waals surface area contributed by atoms with Crippen LogP contribution in [0.4, 0.5) is 0 Å². The van der Waals surface area contributed by atoms with Crippen LogP contribution < -0.4 is 22.5 Å². The zero-order valence-electron chi connectivity index (χ0n) is 9.35. The van der Waals surface area contributed by atoms with Gasteiger partial charge in [0.2, 0.25) is 0 Å². The number of nitrogens with zero attached hydrogens (tertiary/aromatic N) is 1. The van der Waals surface area contributed by atoms with Gasteiger partial charge in [0.15, 0.2) is 5.96 Å². The molecule has 0 unspecified atom stereocenters. The van der Waals surface area contributed by atoms with E-state index in [-0.39, 0.29) is 43.2 Å². The first-order chi connectivity index (χ1) is 6.27. The quantitative estimate of drug-likeness (QED) is 0.293. The summed E-state index contributed by atoms with van der Waals surface area (Å²) < 4.78 is 0. The molecule has 0 heterocycles. The molecule has 0 aliphatic heterocycles. The highest BCUT2D eigenvalue weighted by atomic mass is 35.5. The largest absolute Gasteiger partial charge is 0.370 e. The molecule has 8 heteroatoms. The Balaban J connectivity index is -0.000000240. The normalized spacial score (nSPS) is 8.06. The van der Waals surface area contributed by atoms with Crippen LogP contribution in [-0.4, -0.2) is 32.1 Å². The molecule has 0 saturated heterocycles. The lowest BCUT2D eigenvalue weighted by molar-refractivity contribution is 0.611. The first-order valence-corrected chi connectivity index (χ1v) is 4.73. The summed E-state index contributed by atoms with van der Waals surface area (Å²) in [4.78, 5) is 3.88. The summed E-state index contributed by atoms with van der Waals surface area (Å²) in [5.41, 5.74) is 15.7. The predicted molar refractivity (Wildman–Crippen MR) is 78.2 cm³/mol. The summed E-state index contributed by atoms with van der Waals surface area (Å²) in [6.45, 7) is 3.49. The molecule has 0 aromatic carbocycles. The van der Waals surface area contributed by atoms with E-state index in [9.17, 15) is 0 Å². The second-order valence-corrected chi connectivity index (χ2v) is 2.91. The molecule has 0 radical (unpaired) electrons. The molecule has 0 aromatic rings. The molecular weight excluding hydrogens is 272 g/mol. The number of unbranched alkanes of at least 4 members (excludes halogenated alkanes) is 1. The van der Waals surface area contributed by atoms with Gasteiger partial charge in [0.05, 0.1) is 0 Å². The van der Waals surface area contributed by atoms with Crippen LogP contribution in [0.5, 0.6) is 0 Å². The molecule has 5 nitrogen and oxygen atoms in total. The molecule has 0 atom stereocenters. The minimum atomic E-state index is 0. The van der Waals surface area contributed by atoms with Crippen LogP contribution in [0.15, 0.2) is 4.99 Å².